The molecular weight excluding hydrogens is 274 g/mol. The van der Waals surface area contributed by atoms with E-state index in [1.165, 1.54) is 5.56 Å². The number of likely N-dealkylation sites (tertiary alicyclic amines) is 1. The molecule has 5 nitrogen and oxygen atoms in total. The van der Waals surface area contributed by atoms with Crippen molar-refractivity contribution in [1.82, 2.24) is 9.62 Å². The fourth-order valence-electron chi connectivity index (χ4n) is 2.69. The second kappa shape index (κ2) is 7.17. The second-order valence-corrected chi connectivity index (χ2v) is 6.82. The monoisotopic (exact) mass is 297 g/mol. The molecule has 1 aliphatic rings. The van der Waals surface area contributed by atoms with Crippen molar-refractivity contribution in [1.29, 1.82) is 0 Å². The highest BCUT2D eigenvalue weighted by Crippen LogP contribution is 2.16. The fourth-order valence-corrected chi connectivity index (χ4v) is 3.15. The van der Waals surface area contributed by atoms with E-state index in [1.54, 1.807) is 0 Å². The Bertz CT molecular complexity index is 504. The SMILES string of the molecule is NS(=O)(=O)NC[C@H]1CCCN(CCc2ccccc2)C1. The van der Waals surface area contributed by atoms with E-state index in [0.29, 0.717) is 12.5 Å². The molecule has 1 heterocycles. The lowest BCUT2D eigenvalue weighted by molar-refractivity contribution is 0.178. The van der Waals surface area contributed by atoms with Crippen molar-refractivity contribution >= 4 is 10.2 Å². The maximum Gasteiger partial charge on any atom is 0.274 e. The summed E-state index contributed by atoms with van der Waals surface area (Å²) < 4.78 is 24.2. The number of piperidine rings is 1. The number of hydrogen-bond acceptors (Lipinski definition) is 3. The topological polar surface area (TPSA) is 75.4 Å². The molecule has 2 rings (SSSR count). The largest absolute Gasteiger partial charge is 0.303 e. The summed E-state index contributed by atoms with van der Waals surface area (Å²) in [5, 5.41) is 4.97. The van der Waals surface area contributed by atoms with Crippen LogP contribution in [0.1, 0.15) is 18.4 Å². The summed E-state index contributed by atoms with van der Waals surface area (Å²) in [5.74, 6) is 0.359. The first-order valence-electron chi connectivity index (χ1n) is 7.06. The van der Waals surface area contributed by atoms with E-state index in [9.17, 15) is 8.42 Å². The molecule has 1 aliphatic heterocycles. The highest BCUT2D eigenvalue weighted by Gasteiger charge is 2.20. The van der Waals surface area contributed by atoms with Crippen molar-refractivity contribution in [3.8, 4) is 0 Å². The van der Waals surface area contributed by atoms with E-state index in [1.807, 2.05) is 6.07 Å². The average molecular weight is 297 g/mol. The van der Waals surface area contributed by atoms with E-state index in [0.717, 1.165) is 38.9 Å². The van der Waals surface area contributed by atoms with E-state index < -0.39 is 10.2 Å². The van der Waals surface area contributed by atoms with Gasteiger partial charge in [-0.3, -0.25) is 0 Å². The quantitative estimate of drug-likeness (QED) is 0.813. The third-order valence-electron chi connectivity index (χ3n) is 3.74. The molecule has 0 radical (unpaired) electrons. The Morgan fingerprint density at radius 1 is 1.30 bits per heavy atom. The lowest BCUT2D eigenvalue weighted by Gasteiger charge is -2.32. The molecule has 1 aromatic carbocycles. The second-order valence-electron chi connectivity index (χ2n) is 5.44. The minimum Gasteiger partial charge on any atom is -0.303 e. The molecule has 0 aromatic heterocycles. The summed E-state index contributed by atoms with van der Waals surface area (Å²) in [6, 6.07) is 10.4. The maximum absolute atomic E-state index is 10.9. The van der Waals surface area contributed by atoms with Gasteiger partial charge in [-0.05, 0) is 37.3 Å². The number of nitrogens with two attached hydrogens (primary N) is 1. The van der Waals surface area contributed by atoms with Crippen LogP contribution in [0, 0.1) is 5.92 Å². The van der Waals surface area contributed by atoms with Crippen molar-refractivity contribution in [2.45, 2.75) is 19.3 Å². The molecule has 20 heavy (non-hydrogen) atoms. The normalized spacial score (nSPS) is 20.9. The minimum absolute atomic E-state index is 0.359. The van der Waals surface area contributed by atoms with Gasteiger partial charge in [-0.25, -0.2) is 9.86 Å². The molecule has 0 bridgehead atoms. The van der Waals surface area contributed by atoms with Crippen molar-refractivity contribution < 1.29 is 8.42 Å². The van der Waals surface area contributed by atoms with E-state index >= 15 is 0 Å². The summed E-state index contributed by atoms with van der Waals surface area (Å²) in [6.45, 7) is 3.50. The molecule has 1 aromatic rings. The van der Waals surface area contributed by atoms with Crippen LogP contribution in [0.2, 0.25) is 0 Å². The first-order chi connectivity index (χ1) is 9.53. The maximum atomic E-state index is 10.9. The van der Waals surface area contributed by atoms with Gasteiger partial charge in [0.05, 0.1) is 0 Å². The van der Waals surface area contributed by atoms with Gasteiger partial charge in [0.25, 0.3) is 10.2 Å². The highest BCUT2D eigenvalue weighted by atomic mass is 32.2. The zero-order chi connectivity index (χ0) is 14.4. The number of rotatable bonds is 6. The third kappa shape index (κ3) is 5.58. The number of benzene rings is 1. The molecule has 1 fully saturated rings. The summed E-state index contributed by atoms with van der Waals surface area (Å²) in [6.07, 6.45) is 3.21. The van der Waals surface area contributed by atoms with Crippen LogP contribution in [0.3, 0.4) is 0 Å². The lowest BCUT2D eigenvalue weighted by atomic mass is 9.98. The van der Waals surface area contributed by atoms with Crippen LogP contribution in [-0.4, -0.2) is 39.5 Å². The van der Waals surface area contributed by atoms with Crippen molar-refractivity contribution in [2.24, 2.45) is 11.1 Å². The van der Waals surface area contributed by atoms with Crippen LogP contribution in [0.15, 0.2) is 30.3 Å². The predicted molar refractivity (Wildman–Crippen MR) is 80.4 cm³/mol. The Hall–Kier alpha value is -0.950. The molecule has 0 amide bonds. The number of hydrogen-bond donors (Lipinski definition) is 2. The molecule has 112 valence electrons. The van der Waals surface area contributed by atoms with Crippen molar-refractivity contribution in [3.63, 3.8) is 0 Å². The van der Waals surface area contributed by atoms with Gasteiger partial charge in [0.15, 0.2) is 0 Å². The van der Waals surface area contributed by atoms with Crippen LogP contribution in [0.5, 0.6) is 0 Å². The van der Waals surface area contributed by atoms with Crippen LogP contribution >= 0.6 is 0 Å². The Kier molecular flexibility index (Phi) is 5.54. The highest BCUT2D eigenvalue weighted by molar-refractivity contribution is 7.87. The zero-order valence-corrected chi connectivity index (χ0v) is 12.5. The van der Waals surface area contributed by atoms with Crippen LogP contribution < -0.4 is 9.86 Å². The molecule has 0 saturated carbocycles. The summed E-state index contributed by atoms with van der Waals surface area (Å²) in [5.41, 5.74) is 1.34. The van der Waals surface area contributed by atoms with Gasteiger partial charge in [-0.1, -0.05) is 30.3 Å². The lowest BCUT2D eigenvalue weighted by Crippen LogP contribution is -2.43. The Morgan fingerprint density at radius 2 is 2.05 bits per heavy atom. The molecule has 0 aliphatic carbocycles. The van der Waals surface area contributed by atoms with Gasteiger partial charge >= 0.3 is 0 Å². The summed E-state index contributed by atoms with van der Waals surface area (Å²) >= 11 is 0. The van der Waals surface area contributed by atoms with Crippen LogP contribution in [0.25, 0.3) is 0 Å². The molecule has 0 spiro atoms. The summed E-state index contributed by atoms with van der Waals surface area (Å²) in [7, 11) is -3.56. The van der Waals surface area contributed by atoms with Crippen molar-refractivity contribution in [3.05, 3.63) is 35.9 Å². The molecule has 0 unspecified atom stereocenters. The molecule has 1 atom stereocenters. The first-order valence-corrected chi connectivity index (χ1v) is 8.61. The Labute approximate surface area is 121 Å². The van der Waals surface area contributed by atoms with Crippen LogP contribution in [0.4, 0.5) is 0 Å². The van der Waals surface area contributed by atoms with Crippen molar-refractivity contribution in [2.75, 3.05) is 26.2 Å². The standard InChI is InChI=1S/C14H23N3O2S/c15-20(18,19)16-11-14-7-4-9-17(12-14)10-8-13-5-2-1-3-6-13/h1-3,5-6,14,16H,4,7-12H2,(H2,15,18,19)/t14-/m1/s1. The first kappa shape index (κ1) is 15.4. The average Bonchev–Trinajstić information content (AvgIpc) is 2.44. The van der Waals surface area contributed by atoms with Gasteiger partial charge in [0.2, 0.25) is 0 Å². The number of nitrogens with one attached hydrogen (secondary N) is 1. The van der Waals surface area contributed by atoms with Gasteiger partial charge in [-0.15, -0.1) is 0 Å². The fraction of sp³-hybridized carbons (Fsp3) is 0.571. The van der Waals surface area contributed by atoms with Gasteiger partial charge in [-0.2, -0.15) is 8.42 Å². The Balaban J connectivity index is 1.76. The smallest absolute Gasteiger partial charge is 0.274 e. The number of nitrogens with zero attached hydrogens (tertiary/aromatic N) is 1. The Morgan fingerprint density at radius 3 is 2.75 bits per heavy atom. The molecular formula is C14H23N3O2S. The van der Waals surface area contributed by atoms with Gasteiger partial charge < -0.3 is 4.90 Å². The molecule has 6 heteroatoms. The van der Waals surface area contributed by atoms with Gasteiger partial charge in [0.1, 0.15) is 0 Å². The molecule has 3 N–H and O–H groups in total. The van der Waals surface area contributed by atoms with E-state index in [4.69, 9.17) is 5.14 Å². The van der Waals surface area contributed by atoms with Gasteiger partial charge in [0, 0.05) is 19.6 Å². The van der Waals surface area contributed by atoms with Crippen LogP contribution in [-0.2, 0) is 16.6 Å². The zero-order valence-electron chi connectivity index (χ0n) is 11.7. The third-order valence-corrected chi connectivity index (χ3v) is 4.30. The molecule has 1 saturated heterocycles. The summed E-state index contributed by atoms with van der Waals surface area (Å²) in [4.78, 5) is 2.41. The van der Waals surface area contributed by atoms with E-state index in [2.05, 4.69) is 33.9 Å². The minimum atomic E-state index is -3.56. The van der Waals surface area contributed by atoms with E-state index in [-0.39, 0.29) is 0 Å². The predicted octanol–water partition coefficient (Wildman–Crippen LogP) is 0.734.